The maximum absolute atomic E-state index is 5.90. The number of nitrogens with zero attached hydrogens (tertiary/aromatic N) is 2. The Morgan fingerprint density at radius 3 is 1.94 bits per heavy atom. The minimum Gasteiger partial charge on any atom is -0.493 e. The number of anilines is 2. The second-order valence-electron chi connectivity index (χ2n) is 7.55. The number of nitrogens with one attached hydrogen (secondary N) is 1. The third-order valence-electron chi connectivity index (χ3n) is 5.33. The van der Waals surface area contributed by atoms with E-state index >= 15 is 0 Å². The van der Waals surface area contributed by atoms with Gasteiger partial charge < -0.3 is 19.5 Å². The van der Waals surface area contributed by atoms with Crippen molar-refractivity contribution in [3.63, 3.8) is 0 Å². The Morgan fingerprint density at radius 1 is 0.647 bits per heavy atom. The van der Waals surface area contributed by atoms with Crippen LogP contribution >= 0.6 is 0 Å². The second kappa shape index (κ2) is 9.50. The van der Waals surface area contributed by atoms with E-state index in [1.807, 2.05) is 97.1 Å². The first kappa shape index (κ1) is 21.3. The van der Waals surface area contributed by atoms with Crippen LogP contribution in [0.2, 0.25) is 0 Å². The van der Waals surface area contributed by atoms with E-state index in [-0.39, 0.29) is 0 Å². The third kappa shape index (κ3) is 4.47. The molecule has 0 aliphatic rings. The van der Waals surface area contributed by atoms with Crippen LogP contribution in [0.3, 0.4) is 0 Å². The van der Waals surface area contributed by atoms with Crippen LogP contribution in [0.25, 0.3) is 22.3 Å². The Morgan fingerprint density at radius 2 is 1.26 bits per heavy atom. The van der Waals surface area contributed by atoms with Crippen molar-refractivity contribution in [1.82, 2.24) is 9.97 Å². The van der Waals surface area contributed by atoms with Gasteiger partial charge in [0.15, 0.2) is 17.3 Å². The summed E-state index contributed by atoms with van der Waals surface area (Å²) in [7, 11) is 3.22. The minimum atomic E-state index is 0.612. The lowest BCUT2D eigenvalue weighted by atomic mass is 10.1. The fourth-order valence-electron chi connectivity index (χ4n) is 3.63. The molecule has 0 atom stereocenters. The molecule has 0 spiro atoms. The van der Waals surface area contributed by atoms with Gasteiger partial charge in [-0.2, -0.15) is 0 Å². The normalized spacial score (nSPS) is 10.6. The molecule has 1 heterocycles. The summed E-state index contributed by atoms with van der Waals surface area (Å²) in [5.74, 6) is 4.05. The number of aromatic nitrogens is 2. The Labute approximate surface area is 197 Å². The SMILES string of the molecule is COc1cc2nc(-c3ccccc3)nc(Nc3ccc(Oc4ccccc4)cc3)c2cc1OC. The van der Waals surface area contributed by atoms with Crippen molar-refractivity contribution in [2.45, 2.75) is 0 Å². The molecule has 0 fully saturated rings. The van der Waals surface area contributed by atoms with Gasteiger partial charge in [-0.05, 0) is 42.5 Å². The number of para-hydroxylation sites is 1. The highest BCUT2D eigenvalue weighted by Crippen LogP contribution is 2.36. The van der Waals surface area contributed by atoms with Gasteiger partial charge in [-0.25, -0.2) is 9.97 Å². The monoisotopic (exact) mass is 449 g/mol. The van der Waals surface area contributed by atoms with Crippen molar-refractivity contribution in [3.05, 3.63) is 97.1 Å². The fourth-order valence-corrected chi connectivity index (χ4v) is 3.63. The van der Waals surface area contributed by atoms with Crippen LogP contribution in [0.5, 0.6) is 23.0 Å². The Hall–Kier alpha value is -4.58. The number of methoxy groups -OCH3 is 2. The summed E-state index contributed by atoms with van der Waals surface area (Å²) >= 11 is 0. The summed E-state index contributed by atoms with van der Waals surface area (Å²) in [5, 5.41) is 4.26. The van der Waals surface area contributed by atoms with Gasteiger partial charge in [0.25, 0.3) is 0 Å². The summed E-state index contributed by atoms with van der Waals surface area (Å²) in [6.45, 7) is 0. The maximum Gasteiger partial charge on any atom is 0.162 e. The van der Waals surface area contributed by atoms with Gasteiger partial charge in [0.05, 0.1) is 19.7 Å². The highest BCUT2D eigenvalue weighted by atomic mass is 16.5. The topological polar surface area (TPSA) is 65.5 Å². The van der Waals surface area contributed by atoms with Crippen molar-refractivity contribution < 1.29 is 14.2 Å². The van der Waals surface area contributed by atoms with Gasteiger partial charge in [-0.3, -0.25) is 0 Å². The fraction of sp³-hybridized carbons (Fsp3) is 0.0714. The molecule has 34 heavy (non-hydrogen) atoms. The number of rotatable bonds is 7. The molecule has 6 nitrogen and oxygen atoms in total. The van der Waals surface area contributed by atoms with E-state index < -0.39 is 0 Å². The van der Waals surface area contributed by atoms with Crippen molar-refractivity contribution in [2.24, 2.45) is 0 Å². The largest absolute Gasteiger partial charge is 0.493 e. The van der Waals surface area contributed by atoms with Gasteiger partial charge >= 0.3 is 0 Å². The molecule has 0 amide bonds. The summed E-state index contributed by atoms with van der Waals surface area (Å²) in [4.78, 5) is 9.62. The Kier molecular flexibility index (Phi) is 5.95. The van der Waals surface area contributed by atoms with Crippen molar-refractivity contribution in [1.29, 1.82) is 0 Å². The van der Waals surface area contributed by atoms with E-state index in [9.17, 15) is 0 Å². The lowest BCUT2D eigenvalue weighted by Crippen LogP contribution is -2.01. The molecule has 5 aromatic rings. The Bertz CT molecular complexity index is 1410. The zero-order valence-electron chi connectivity index (χ0n) is 18.9. The zero-order chi connectivity index (χ0) is 23.3. The van der Waals surface area contributed by atoms with Crippen LogP contribution in [0.1, 0.15) is 0 Å². The first-order valence-electron chi connectivity index (χ1n) is 10.8. The molecule has 0 radical (unpaired) electrons. The van der Waals surface area contributed by atoms with Gasteiger partial charge in [0.1, 0.15) is 17.3 Å². The first-order valence-corrected chi connectivity index (χ1v) is 10.8. The molecular weight excluding hydrogens is 426 g/mol. The summed E-state index contributed by atoms with van der Waals surface area (Å²) in [6.07, 6.45) is 0. The molecule has 0 aliphatic heterocycles. The molecule has 1 N–H and O–H groups in total. The van der Waals surface area contributed by atoms with Gasteiger partial charge in [0.2, 0.25) is 0 Å². The predicted octanol–water partition coefficient (Wildman–Crippen LogP) is 6.85. The highest BCUT2D eigenvalue weighted by Gasteiger charge is 2.14. The van der Waals surface area contributed by atoms with Gasteiger partial charge in [0, 0.05) is 22.7 Å². The van der Waals surface area contributed by atoms with Crippen LogP contribution in [0.4, 0.5) is 11.5 Å². The van der Waals surface area contributed by atoms with E-state index in [1.165, 1.54) is 0 Å². The standard InChI is InChI=1S/C28H23N3O3/c1-32-25-17-23-24(18-26(25)33-2)30-27(19-9-5-3-6-10-19)31-28(23)29-20-13-15-22(16-14-20)34-21-11-7-4-8-12-21/h3-18H,1-2H3,(H,29,30,31). The van der Waals surface area contributed by atoms with Crippen LogP contribution in [-0.4, -0.2) is 24.2 Å². The average molecular weight is 450 g/mol. The molecule has 0 aliphatic carbocycles. The number of hydrogen-bond donors (Lipinski definition) is 1. The van der Waals surface area contributed by atoms with Crippen LogP contribution in [-0.2, 0) is 0 Å². The van der Waals surface area contributed by atoms with Crippen molar-refractivity contribution >= 4 is 22.4 Å². The van der Waals surface area contributed by atoms with Gasteiger partial charge in [-0.1, -0.05) is 48.5 Å². The quantitative estimate of drug-likeness (QED) is 0.293. The molecule has 0 bridgehead atoms. The van der Waals surface area contributed by atoms with Crippen LogP contribution < -0.4 is 19.5 Å². The highest BCUT2D eigenvalue weighted by molar-refractivity contribution is 5.94. The van der Waals surface area contributed by atoms with E-state index in [1.54, 1.807) is 14.2 Å². The summed E-state index contributed by atoms with van der Waals surface area (Å²) < 4.78 is 16.9. The lowest BCUT2D eigenvalue weighted by Gasteiger charge is -2.14. The Balaban J connectivity index is 1.53. The molecule has 6 heteroatoms. The van der Waals surface area contributed by atoms with Crippen molar-refractivity contribution in [2.75, 3.05) is 19.5 Å². The van der Waals surface area contributed by atoms with Crippen LogP contribution in [0.15, 0.2) is 97.1 Å². The van der Waals surface area contributed by atoms with Crippen LogP contribution in [0, 0.1) is 0 Å². The average Bonchev–Trinajstić information content (AvgIpc) is 2.90. The van der Waals surface area contributed by atoms with Crippen molar-refractivity contribution in [3.8, 4) is 34.4 Å². The first-order chi connectivity index (χ1) is 16.7. The zero-order valence-corrected chi connectivity index (χ0v) is 18.9. The molecule has 0 saturated heterocycles. The maximum atomic E-state index is 5.90. The predicted molar refractivity (Wildman–Crippen MR) is 134 cm³/mol. The summed E-state index contributed by atoms with van der Waals surface area (Å²) in [6, 6.07) is 31.1. The molecule has 5 rings (SSSR count). The summed E-state index contributed by atoms with van der Waals surface area (Å²) in [5.41, 5.74) is 2.54. The minimum absolute atomic E-state index is 0.612. The van der Waals surface area contributed by atoms with E-state index in [0.29, 0.717) is 23.1 Å². The second-order valence-corrected chi connectivity index (χ2v) is 7.55. The van der Waals surface area contributed by atoms with Gasteiger partial charge in [-0.15, -0.1) is 0 Å². The molecular formula is C28H23N3O3. The molecule has 1 aromatic heterocycles. The molecule has 0 saturated carbocycles. The molecule has 4 aromatic carbocycles. The van der Waals surface area contributed by atoms with E-state index in [0.717, 1.165) is 33.7 Å². The number of ether oxygens (including phenoxy) is 3. The lowest BCUT2D eigenvalue weighted by molar-refractivity contribution is 0.356. The van der Waals surface area contributed by atoms with E-state index in [2.05, 4.69) is 5.32 Å². The van der Waals surface area contributed by atoms with E-state index in [4.69, 9.17) is 24.2 Å². The molecule has 168 valence electrons. The number of benzene rings is 4. The molecule has 0 unspecified atom stereocenters. The smallest absolute Gasteiger partial charge is 0.162 e. The number of fused-ring (bicyclic) bond motifs is 1. The number of hydrogen-bond acceptors (Lipinski definition) is 6. The third-order valence-corrected chi connectivity index (χ3v) is 5.33.